The van der Waals surface area contributed by atoms with Crippen molar-refractivity contribution in [1.29, 1.82) is 0 Å². The van der Waals surface area contributed by atoms with Gasteiger partial charge in [-0.05, 0) is 66.9 Å². The third-order valence-electron chi connectivity index (χ3n) is 5.40. The molecule has 0 aliphatic rings. The van der Waals surface area contributed by atoms with E-state index in [0.717, 1.165) is 22.6 Å². The third kappa shape index (κ3) is 10.0. The van der Waals surface area contributed by atoms with Crippen molar-refractivity contribution in [3.05, 3.63) is 133 Å². The minimum Gasteiger partial charge on any atom is -0.496 e. The van der Waals surface area contributed by atoms with Gasteiger partial charge in [0.05, 0.1) is 18.5 Å². The fourth-order valence-electron chi connectivity index (χ4n) is 3.40. The first-order valence-electron chi connectivity index (χ1n) is 12.8. The van der Waals surface area contributed by atoms with Gasteiger partial charge in [0, 0.05) is 22.1 Å². The van der Waals surface area contributed by atoms with E-state index >= 15 is 0 Å². The summed E-state index contributed by atoms with van der Waals surface area (Å²) in [7, 11) is 1.57. The molecule has 3 aromatic rings. The van der Waals surface area contributed by atoms with Crippen molar-refractivity contribution in [1.82, 2.24) is 4.72 Å². The molecule has 0 aliphatic carbocycles. The van der Waals surface area contributed by atoms with E-state index < -0.39 is 0 Å². The average molecular weight is 555 g/mol. The maximum Gasteiger partial charge on any atom is 0.261 e. The highest BCUT2D eigenvalue weighted by Gasteiger charge is 2.12. The normalized spacial score (nSPS) is 11.4. The van der Waals surface area contributed by atoms with Crippen LogP contribution in [0.25, 0.3) is 0 Å². The number of aliphatic imine (C=N–C) groups is 1. The minimum absolute atomic E-state index is 0.207. The van der Waals surface area contributed by atoms with Gasteiger partial charge < -0.3 is 14.2 Å². The van der Waals surface area contributed by atoms with Crippen LogP contribution in [0.4, 0.5) is 0 Å². The number of carbonyl (C=O) groups is 1. The number of nitrogens with zero attached hydrogens (tertiary/aromatic N) is 1. The smallest absolute Gasteiger partial charge is 0.261 e. The molecule has 3 aromatic carbocycles. The lowest BCUT2D eigenvalue weighted by atomic mass is 10.1. The summed E-state index contributed by atoms with van der Waals surface area (Å²) in [5.74, 6) is 1.65. The van der Waals surface area contributed by atoms with Crippen LogP contribution in [0.3, 0.4) is 0 Å². The first kappa shape index (κ1) is 30.1. The Morgan fingerprint density at radius 1 is 1.00 bits per heavy atom. The van der Waals surface area contributed by atoms with Crippen LogP contribution in [0.1, 0.15) is 29.3 Å². The molecule has 0 radical (unpaired) electrons. The van der Waals surface area contributed by atoms with Gasteiger partial charge in [0.15, 0.2) is 0 Å². The van der Waals surface area contributed by atoms with Gasteiger partial charge in [0.25, 0.3) is 5.91 Å². The van der Waals surface area contributed by atoms with Gasteiger partial charge in [-0.2, -0.15) is 0 Å². The number of allylic oxidation sites excluding steroid dienone is 4. The van der Waals surface area contributed by atoms with Crippen molar-refractivity contribution in [2.75, 3.05) is 13.7 Å². The van der Waals surface area contributed by atoms with Crippen molar-refractivity contribution in [3.63, 3.8) is 0 Å². The predicted octanol–water partition coefficient (Wildman–Crippen LogP) is 7.75. The summed E-state index contributed by atoms with van der Waals surface area (Å²) >= 11 is 1.27. The molecular formula is C33H34N2O4S. The van der Waals surface area contributed by atoms with Crippen LogP contribution in [0.2, 0.25) is 0 Å². The molecule has 0 unspecified atom stereocenters. The number of methoxy groups -OCH3 is 1. The maximum atomic E-state index is 12.6. The molecule has 1 N–H and O–H groups in total. The number of carbonyl (C=O) groups excluding carboxylic acids is 1. The summed E-state index contributed by atoms with van der Waals surface area (Å²) in [6.07, 6.45) is 10.1. The molecule has 0 bridgehead atoms. The van der Waals surface area contributed by atoms with Crippen molar-refractivity contribution >= 4 is 23.6 Å². The standard InChI is InChI=1S/C33H34N2O4S/c1-5-7-13-25(3)34-28(14-8-6-2)24-39-30-16-12-15-29(22-30)38-23-27-20-19-26(21-32(27)37-4)33(36)35-40-31-17-10-9-11-18-31/h5,7-22H,1,3,6,23-24H2,2,4H3,(H,35,36)/b13-7-,14-8-,34-28?. The van der Waals surface area contributed by atoms with Crippen LogP contribution in [0.15, 0.2) is 132 Å². The van der Waals surface area contributed by atoms with Crippen molar-refractivity contribution in [3.8, 4) is 17.2 Å². The lowest BCUT2D eigenvalue weighted by molar-refractivity contribution is 0.0984. The Balaban J connectivity index is 1.61. The van der Waals surface area contributed by atoms with Crippen molar-refractivity contribution in [2.45, 2.75) is 24.8 Å². The van der Waals surface area contributed by atoms with Gasteiger partial charge in [-0.15, -0.1) is 0 Å². The second-order valence-corrected chi connectivity index (χ2v) is 9.30. The Morgan fingerprint density at radius 3 is 2.50 bits per heavy atom. The van der Waals surface area contributed by atoms with E-state index in [4.69, 9.17) is 14.2 Å². The number of ether oxygens (including phenoxy) is 3. The Morgan fingerprint density at radius 2 is 1.77 bits per heavy atom. The van der Waals surface area contributed by atoms with Crippen LogP contribution in [0, 0.1) is 0 Å². The van der Waals surface area contributed by atoms with Gasteiger partial charge in [0.2, 0.25) is 0 Å². The van der Waals surface area contributed by atoms with Gasteiger partial charge >= 0.3 is 0 Å². The molecule has 0 saturated heterocycles. The maximum absolute atomic E-state index is 12.6. The Kier molecular flexibility index (Phi) is 12.4. The predicted molar refractivity (Wildman–Crippen MR) is 164 cm³/mol. The number of hydrogen-bond donors (Lipinski definition) is 1. The highest BCUT2D eigenvalue weighted by molar-refractivity contribution is 7.98. The summed E-state index contributed by atoms with van der Waals surface area (Å²) in [5, 5.41) is 0. The zero-order valence-corrected chi connectivity index (χ0v) is 23.7. The molecule has 0 saturated carbocycles. The molecular weight excluding hydrogens is 520 g/mol. The van der Waals surface area contributed by atoms with E-state index in [9.17, 15) is 4.79 Å². The summed E-state index contributed by atoms with van der Waals surface area (Å²) in [5.41, 5.74) is 2.68. The molecule has 0 aliphatic heterocycles. The molecule has 0 aromatic heterocycles. The summed E-state index contributed by atoms with van der Waals surface area (Å²) in [4.78, 5) is 18.1. The van der Waals surface area contributed by atoms with Crippen LogP contribution in [-0.4, -0.2) is 25.3 Å². The van der Waals surface area contributed by atoms with E-state index in [2.05, 4.69) is 29.8 Å². The van der Waals surface area contributed by atoms with E-state index in [0.29, 0.717) is 28.5 Å². The van der Waals surface area contributed by atoms with Crippen LogP contribution >= 0.6 is 11.9 Å². The largest absolute Gasteiger partial charge is 0.496 e. The van der Waals surface area contributed by atoms with Gasteiger partial charge in [-0.3, -0.25) is 14.5 Å². The summed E-state index contributed by atoms with van der Waals surface area (Å²) in [6, 6.07) is 22.3. The van der Waals surface area contributed by atoms with E-state index in [-0.39, 0.29) is 19.1 Å². The second-order valence-electron chi connectivity index (χ2n) is 8.43. The number of hydrogen-bond acceptors (Lipinski definition) is 6. The Labute approximate surface area is 240 Å². The fraction of sp³-hybridized carbons (Fsp3) is 0.152. The zero-order chi connectivity index (χ0) is 28.6. The lowest BCUT2D eigenvalue weighted by Gasteiger charge is -2.13. The summed E-state index contributed by atoms with van der Waals surface area (Å²) < 4.78 is 20.4. The molecule has 6 nitrogen and oxygen atoms in total. The highest BCUT2D eigenvalue weighted by Crippen LogP contribution is 2.25. The van der Waals surface area contributed by atoms with Gasteiger partial charge in [0.1, 0.15) is 30.5 Å². The monoisotopic (exact) mass is 554 g/mol. The van der Waals surface area contributed by atoms with Crippen LogP contribution < -0.4 is 18.9 Å². The zero-order valence-electron chi connectivity index (χ0n) is 22.8. The SMILES string of the molecule is C=C/C=C\C(=C)N=C(/C=C\CC)COc1cccc(OCc2ccc(C(=O)NSc3ccccc3)cc2OC)c1. The summed E-state index contributed by atoms with van der Waals surface area (Å²) in [6.45, 7) is 10.2. The quantitative estimate of drug-likeness (QED) is 0.118. The Hall–Kier alpha value is -4.49. The molecule has 0 spiro atoms. The topological polar surface area (TPSA) is 69.2 Å². The fourth-order valence-corrected chi connectivity index (χ4v) is 4.02. The third-order valence-corrected chi connectivity index (χ3v) is 6.19. The Bertz CT molecular complexity index is 1380. The number of nitrogens with one attached hydrogen (secondary N) is 1. The van der Waals surface area contributed by atoms with E-state index in [1.165, 1.54) is 11.9 Å². The molecule has 0 heterocycles. The second kappa shape index (κ2) is 16.5. The highest BCUT2D eigenvalue weighted by atomic mass is 32.2. The molecule has 7 heteroatoms. The van der Waals surface area contributed by atoms with Crippen LogP contribution in [-0.2, 0) is 6.61 Å². The molecule has 1 amide bonds. The van der Waals surface area contributed by atoms with Crippen LogP contribution in [0.5, 0.6) is 17.2 Å². The minimum atomic E-state index is -0.207. The lowest BCUT2D eigenvalue weighted by Crippen LogP contribution is -2.16. The molecule has 0 atom stereocenters. The van der Waals surface area contributed by atoms with E-state index in [1.54, 1.807) is 37.5 Å². The van der Waals surface area contributed by atoms with Gasteiger partial charge in [-0.1, -0.05) is 68.6 Å². The average Bonchev–Trinajstić information content (AvgIpc) is 2.99. The number of amides is 1. The molecule has 3 rings (SSSR count). The van der Waals surface area contributed by atoms with Crippen molar-refractivity contribution in [2.24, 2.45) is 4.99 Å². The van der Waals surface area contributed by atoms with E-state index in [1.807, 2.05) is 72.8 Å². The van der Waals surface area contributed by atoms with Gasteiger partial charge in [-0.25, -0.2) is 0 Å². The number of rotatable bonds is 15. The molecule has 206 valence electrons. The number of benzene rings is 3. The first-order valence-corrected chi connectivity index (χ1v) is 13.6. The molecule has 40 heavy (non-hydrogen) atoms. The van der Waals surface area contributed by atoms with Crippen molar-refractivity contribution < 1.29 is 19.0 Å². The molecule has 0 fully saturated rings. The first-order chi connectivity index (χ1) is 19.5.